The van der Waals surface area contributed by atoms with Crippen LogP contribution in [0.25, 0.3) is 0 Å². The number of carbonyl (C=O) groups is 1. The van der Waals surface area contributed by atoms with Crippen LogP contribution in [0.3, 0.4) is 0 Å². The number of nitro groups is 1. The van der Waals surface area contributed by atoms with Crippen molar-refractivity contribution < 1.29 is 9.72 Å². The Hall–Kier alpha value is -1.70. The molecule has 102 valence electrons. The average molecular weight is 329 g/mol. The Morgan fingerprint density at radius 2 is 2.16 bits per heavy atom. The number of likely N-dealkylation sites (tertiary alicyclic amines) is 1. The van der Waals surface area contributed by atoms with E-state index in [9.17, 15) is 14.9 Å². The molecule has 1 saturated heterocycles. The van der Waals surface area contributed by atoms with Crippen LogP contribution in [0, 0.1) is 10.1 Å². The van der Waals surface area contributed by atoms with Crippen LogP contribution in [0.1, 0.15) is 12.8 Å². The second-order valence-electron chi connectivity index (χ2n) is 4.21. The highest BCUT2D eigenvalue weighted by Crippen LogP contribution is 2.30. The second kappa shape index (κ2) is 5.96. The van der Waals surface area contributed by atoms with Gasteiger partial charge in [-0.25, -0.2) is 0 Å². The van der Waals surface area contributed by atoms with Gasteiger partial charge in [0.15, 0.2) is 0 Å². The minimum absolute atomic E-state index is 0.0451. The standard InChI is InChI=1S/C11H13BrN4O3/c12-8-5-13-6-9(16(18)19)11(8)14-7-10(17)15-3-1-2-4-15/h5-6H,1-4,7H2,(H,13,14). The van der Waals surface area contributed by atoms with E-state index in [1.807, 2.05) is 0 Å². The van der Waals surface area contributed by atoms with Gasteiger partial charge < -0.3 is 10.2 Å². The molecule has 1 aliphatic heterocycles. The molecule has 2 heterocycles. The zero-order valence-corrected chi connectivity index (χ0v) is 11.7. The fraction of sp³-hybridized carbons (Fsp3) is 0.455. The molecule has 1 aromatic heterocycles. The maximum atomic E-state index is 11.9. The number of nitrogens with one attached hydrogen (secondary N) is 1. The van der Waals surface area contributed by atoms with E-state index in [1.54, 1.807) is 4.90 Å². The van der Waals surface area contributed by atoms with Gasteiger partial charge in [-0.05, 0) is 28.8 Å². The highest BCUT2D eigenvalue weighted by molar-refractivity contribution is 9.10. The molecular weight excluding hydrogens is 316 g/mol. The summed E-state index contributed by atoms with van der Waals surface area (Å²) in [4.78, 5) is 27.7. The first kappa shape index (κ1) is 13.7. The number of halogens is 1. The normalized spacial score (nSPS) is 14.5. The van der Waals surface area contributed by atoms with E-state index in [1.165, 1.54) is 6.20 Å². The fourth-order valence-electron chi connectivity index (χ4n) is 1.98. The van der Waals surface area contributed by atoms with Gasteiger partial charge in [0, 0.05) is 19.3 Å². The summed E-state index contributed by atoms with van der Waals surface area (Å²) in [5.74, 6) is -0.0458. The van der Waals surface area contributed by atoms with E-state index in [0.29, 0.717) is 4.47 Å². The number of rotatable bonds is 4. The SMILES string of the molecule is O=C(CNc1c(Br)cncc1[N+](=O)[O-])N1CCCC1. The summed E-state index contributed by atoms with van der Waals surface area (Å²) in [5.41, 5.74) is 0.135. The number of nitrogens with zero attached hydrogens (tertiary/aromatic N) is 3. The van der Waals surface area contributed by atoms with Crippen molar-refractivity contribution in [2.45, 2.75) is 12.8 Å². The Balaban J connectivity index is 2.06. The molecule has 1 aliphatic rings. The number of pyridine rings is 1. The number of aromatic nitrogens is 1. The molecule has 0 bridgehead atoms. The number of amides is 1. The van der Waals surface area contributed by atoms with Crippen LogP contribution in [-0.4, -0.2) is 40.3 Å². The third kappa shape index (κ3) is 3.19. The van der Waals surface area contributed by atoms with E-state index in [2.05, 4.69) is 26.2 Å². The molecule has 2 rings (SSSR count). The largest absolute Gasteiger partial charge is 0.370 e. The highest BCUT2D eigenvalue weighted by Gasteiger charge is 2.21. The molecule has 1 fully saturated rings. The van der Waals surface area contributed by atoms with Gasteiger partial charge in [-0.1, -0.05) is 0 Å². The zero-order chi connectivity index (χ0) is 13.8. The minimum Gasteiger partial charge on any atom is -0.370 e. The zero-order valence-electron chi connectivity index (χ0n) is 10.1. The van der Waals surface area contributed by atoms with E-state index in [-0.39, 0.29) is 23.8 Å². The van der Waals surface area contributed by atoms with Crippen molar-refractivity contribution in [1.29, 1.82) is 0 Å². The van der Waals surface area contributed by atoms with E-state index in [4.69, 9.17) is 0 Å². The molecule has 0 aromatic carbocycles. The Kier molecular flexibility index (Phi) is 4.31. The summed E-state index contributed by atoms with van der Waals surface area (Å²) < 4.78 is 0.468. The lowest BCUT2D eigenvalue weighted by Gasteiger charge is -2.16. The van der Waals surface area contributed by atoms with E-state index >= 15 is 0 Å². The van der Waals surface area contributed by atoms with Gasteiger partial charge in [0.25, 0.3) is 0 Å². The van der Waals surface area contributed by atoms with Gasteiger partial charge >= 0.3 is 5.69 Å². The third-order valence-electron chi connectivity index (χ3n) is 2.95. The molecule has 0 aliphatic carbocycles. The highest BCUT2D eigenvalue weighted by atomic mass is 79.9. The average Bonchev–Trinajstić information content (AvgIpc) is 2.90. The number of hydrogen-bond acceptors (Lipinski definition) is 5. The topological polar surface area (TPSA) is 88.4 Å². The van der Waals surface area contributed by atoms with Gasteiger partial charge in [0.05, 0.1) is 15.9 Å². The number of anilines is 1. The molecule has 0 atom stereocenters. The third-order valence-corrected chi connectivity index (χ3v) is 3.55. The van der Waals surface area contributed by atoms with E-state index in [0.717, 1.165) is 32.1 Å². The van der Waals surface area contributed by atoms with Crippen LogP contribution >= 0.6 is 15.9 Å². The molecule has 1 N–H and O–H groups in total. The summed E-state index contributed by atoms with van der Waals surface area (Å²) in [6.07, 6.45) is 4.65. The molecular formula is C11H13BrN4O3. The quantitative estimate of drug-likeness (QED) is 0.672. The van der Waals surface area contributed by atoms with Crippen molar-refractivity contribution in [2.75, 3.05) is 25.0 Å². The van der Waals surface area contributed by atoms with Crippen molar-refractivity contribution >= 4 is 33.2 Å². The first-order valence-electron chi connectivity index (χ1n) is 5.89. The monoisotopic (exact) mass is 328 g/mol. The Bertz CT molecular complexity index is 503. The van der Waals surface area contributed by atoms with Gasteiger partial charge in [-0.3, -0.25) is 19.9 Å². The Labute approximate surface area is 118 Å². The lowest BCUT2D eigenvalue weighted by Crippen LogP contribution is -2.33. The van der Waals surface area contributed by atoms with Gasteiger partial charge in [-0.15, -0.1) is 0 Å². The van der Waals surface area contributed by atoms with Gasteiger partial charge in [-0.2, -0.15) is 0 Å². The first-order valence-corrected chi connectivity index (χ1v) is 6.68. The molecule has 0 radical (unpaired) electrons. The molecule has 7 nitrogen and oxygen atoms in total. The molecule has 0 saturated carbocycles. The summed E-state index contributed by atoms with van der Waals surface area (Å²) in [6, 6.07) is 0. The van der Waals surface area contributed by atoms with Crippen molar-refractivity contribution in [3.05, 3.63) is 27.0 Å². The molecule has 0 unspecified atom stereocenters. The summed E-state index contributed by atoms with van der Waals surface area (Å²) >= 11 is 3.19. The summed E-state index contributed by atoms with van der Waals surface area (Å²) in [5, 5.41) is 13.7. The van der Waals surface area contributed by atoms with Crippen LogP contribution in [0.4, 0.5) is 11.4 Å². The minimum atomic E-state index is -0.527. The Morgan fingerprint density at radius 1 is 1.47 bits per heavy atom. The van der Waals surface area contributed by atoms with Crippen molar-refractivity contribution in [3.8, 4) is 0 Å². The molecule has 19 heavy (non-hydrogen) atoms. The van der Waals surface area contributed by atoms with Crippen molar-refractivity contribution in [2.24, 2.45) is 0 Å². The lowest BCUT2D eigenvalue weighted by molar-refractivity contribution is -0.384. The molecule has 1 aromatic rings. The number of carbonyl (C=O) groups excluding carboxylic acids is 1. The van der Waals surface area contributed by atoms with Crippen LogP contribution in [0.15, 0.2) is 16.9 Å². The number of hydrogen-bond donors (Lipinski definition) is 1. The van der Waals surface area contributed by atoms with Gasteiger partial charge in [0.2, 0.25) is 5.91 Å². The predicted molar refractivity (Wildman–Crippen MR) is 72.9 cm³/mol. The Morgan fingerprint density at radius 3 is 2.79 bits per heavy atom. The van der Waals surface area contributed by atoms with E-state index < -0.39 is 4.92 Å². The summed E-state index contributed by atoms with van der Waals surface area (Å²) in [7, 11) is 0. The van der Waals surface area contributed by atoms with Crippen molar-refractivity contribution in [1.82, 2.24) is 9.88 Å². The maximum Gasteiger partial charge on any atom is 0.311 e. The van der Waals surface area contributed by atoms with Crippen LogP contribution in [-0.2, 0) is 4.79 Å². The molecule has 1 amide bonds. The summed E-state index contributed by atoms with van der Waals surface area (Å²) in [6.45, 7) is 1.57. The predicted octanol–water partition coefficient (Wildman–Crippen LogP) is 1.79. The van der Waals surface area contributed by atoms with Crippen LogP contribution in [0.5, 0.6) is 0 Å². The maximum absolute atomic E-state index is 11.9. The fourth-order valence-corrected chi connectivity index (χ4v) is 2.44. The lowest BCUT2D eigenvalue weighted by atomic mass is 10.3. The molecule has 0 spiro atoms. The second-order valence-corrected chi connectivity index (χ2v) is 5.07. The van der Waals surface area contributed by atoms with Crippen LogP contribution in [0.2, 0.25) is 0 Å². The first-order chi connectivity index (χ1) is 9.09. The smallest absolute Gasteiger partial charge is 0.311 e. The van der Waals surface area contributed by atoms with Crippen LogP contribution < -0.4 is 5.32 Å². The van der Waals surface area contributed by atoms with Crippen molar-refractivity contribution in [3.63, 3.8) is 0 Å². The van der Waals surface area contributed by atoms with Gasteiger partial charge in [0.1, 0.15) is 11.9 Å². The molecule has 8 heteroatoms.